The third-order valence-corrected chi connectivity index (χ3v) is 2.98. The number of amides is 1. The molecule has 126 valence electrons. The third-order valence-electron chi connectivity index (χ3n) is 2.98. The number of nitrogens with one attached hydrogen (secondary N) is 3. The lowest BCUT2D eigenvalue weighted by atomic mass is 10.1. The minimum atomic E-state index is -1.44. The van der Waals surface area contributed by atoms with Crippen LogP contribution < -0.4 is 5.32 Å². The zero-order valence-corrected chi connectivity index (χ0v) is 13.0. The fraction of sp³-hybridized carbons (Fsp3) is 0.467. The molecule has 0 bridgehead atoms. The molecule has 0 aromatic carbocycles. The van der Waals surface area contributed by atoms with E-state index in [1.54, 1.807) is 20.0 Å². The summed E-state index contributed by atoms with van der Waals surface area (Å²) in [6.45, 7) is 3.32. The number of ether oxygens (including phenoxy) is 1. The van der Waals surface area contributed by atoms with E-state index < -0.39 is 29.8 Å². The number of hydrogen-bond donors (Lipinski definition) is 4. The van der Waals surface area contributed by atoms with E-state index in [1.165, 1.54) is 12.3 Å². The van der Waals surface area contributed by atoms with Crippen molar-refractivity contribution in [3.05, 3.63) is 24.0 Å². The second-order valence-electron chi connectivity index (χ2n) is 5.24. The van der Waals surface area contributed by atoms with Crippen LogP contribution in [-0.2, 0) is 19.1 Å². The maximum absolute atomic E-state index is 12.0. The summed E-state index contributed by atoms with van der Waals surface area (Å²) in [5.74, 6) is -1.92. The maximum atomic E-state index is 12.0. The molecular formula is C15H21N3O5. The molecule has 0 saturated heterocycles. The summed E-state index contributed by atoms with van der Waals surface area (Å²) in [5.41, 5.74) is 0.356. The summed E-state index contributed by atoms with van der Waals surface area (Å²) in [6.07, 6.45) is 1.77. The van der Waals surface area contributed by atoms with Crippen LogP contribution in [0.2, 0.25) is 0 Å². The fourth-order valence-electron chi connectivity index (χ4n) is 1.83. The Hall–Kier alpha value is -2.48. The summed E-state index contributed by atoms with van der Waals surface area (Å²) in [7, 11) is 0. The van der Waals surface area contributed by atoms with E-state index in [0.717, 1.165) is 0 Å². The Morgan fingerprint density at radius 2 is 2.13 bits per heavy atom. The molecule has 0 spiro atoms. The van der Waals surface area contributed by atoms with Crippen molar-refractivity contribution in [2.75, 3.05) is 0 Å². The molecule has 2 atom stereocenters. The predicted molar refractivity (Wildman–Crippen MR) is 81.9 cm³/mol. The lowest BCUT2D eigenvalue weighted by Crippen LogP contribution is -2.44. The van der Waals surface area contributed by atoms with Gasteiger partial charge in [0.1, 0.15) is 6.04 Å². The summed E-state index contributed by atoms with van der Waals surface area (Å²) < 4.78 is 5.04. The average molecular weight is 323 g/mol. The fourth-order valence-corrected chi connectivity index (χ4v) is 1.83. The van der Waals surface area contributed by atoms with Gasteiger partial charge in [-0.15, -0.1) is 0 Å². The van der Waals surface area contributed by atoms with Gasteiger partial charge in [0, 0.05) is 24.4 Å². The minimum Gasteiger partial charge on any atom is -0.461 e. The van der Waals surface area contributed by atoms with Crippen molar-refractivity contribution >= 4 is 23.9 Å². The number of rotatable bonds is 9. The molecule has 1 aromatic heterocycles. The van der Waals surface area contributed by atoms with Crippen LogP contribution in [0.1, 0.15) is 38.4 Å². The quantitative estimate of drug-likeness (QED) is 0.388. The van der Waals surface area contributed by atoms with Gasteiger partial charge < -0.3 is 25.6 Å². The highest BCUT2D eigenvalue weighted by molar-refractivity contribution is 6.26. The lowest BCUT2D eigenvalue weighted by molar-refractivity contribution is -0.152. The number of Topliss-reactive ketones (excluding diaryl/α,β-unsaturated/α-hetero) is 1. The van der Waals surface area contributed by atoms with E-state index in [0.29, 0.717) is 11.8 Å². The van der Waals surface area contributed by atoms with E-state index in [-0.39, 0.29) is 18.9 Å². The van der Waals surface area contributed by atoms with Crippen molar-refractivity contribution in [3.63, 3.8) is 0 Å². The van der Waals surface area contributed by atoms with Crippen LogP contribution in [0.15, 0.2) is 18.5 Å². The molecule has 1 aromatic rings. The number of esters is 1. The predicted octanol–water partition coefficient (Wildman–Crippen LogP) is 0.483. The van der Waals surface area contributed by atoms with Gasteiger partial charge in [-0.1, -0.05) is 0 Å². The summed E-state index contributed by atoms with van der Waals surface area (Å²) in [5, 5.41) is 19.2. The minimum absolute atomic E-state index is 0.00857. The second-order valence-corrected chi connectivity index (χ2v) is 5.24. The Bertz CT molecular complexity index is 553. The largest absolute Gasteiger partial charge is 0.461 e. The molecule has 23 heavy (non-hydrogen) atoms. The molecule has 1 amide bonds. The van der Waals surface area contributed by atoms with Crippen LogP contribution in [-0.4, -0.2) is 46.1 Å². The van der Waals surface area contributed by atoms with Crippen LogP contribution in [0.4, 0.5) is 0 Å². The number of aromatic amines is 1. The van der Waals surface area contributed by atoms with Gasteiger partial charge in [0.25, 0.3) is 5.91 Å². The number of ketones is 1. The molecular weight excluding hydrogens is 302 g/mol. The number of carbonyl (C=O) groups excluding carboxylic acids is 3. The van der Waals surface area contributed by atoms with Gasteiger partial charge in [0.2, 0.25) is 0 Å². The highest BCUT2D eigenvalue weighted by Crippen LogP contribution is 2.13. The van der Waals surface area contributed by atoms with Gasteiger partial charge >= 0.3 is 5.97 Å². The molecule has 0 radical (unpaired) electrons. The lowest BCUT2D eigenvalue weighted by Gasteiger charge is -2.20. The van der Waals surface area contributed by atoms with Gasteiger partial charge in [-0.05, 0) is 26.3 Å². The molecule has 0 saturated carbocycles. The Morgan fingerprint density at radius 3 is 2.65 bits per heavy atom. The van der Waals surface area contributed by atoms with Gasteiger partial charge in [-0.25, -0.2) is 4.79 Å². The molecule has 4 N–H and O–H groups in total. The third kappa shape index (κ3) is 6.03. The SMILES string of the molecule is CC(C)OC(=O)[C@H](CCC(=O)C=N)NC(=O)[C@@H](O)c1cc[nH]c1. The number of H-pyrrole nitrogens is 1. The summed E-state index contributed by atoms with van der Waals surface area (Å²) in [6, 6.07) is 0.465. The van der Waals surface area contributed by atoms with Crippen LogP contribution in [0.25, 0.3) is 0 Å². The first-order valence-electron chi connectivity index (χ1n) is 7.20. The molecule has 8 nitrogen and oxygen atoms in total. The van der Waals surface area contributed by atoms with Gasteiger partial charge in [-0.2, -0.15) is 0 Å². The Kier molecular flexibility index (Phi) is 7.14. The van der Waals surface area contributed by atoms with E-state index in [2.05, 4.69) is 10.3 Å². The molecule has 8 heteroatoms. The van der Waals surface area contributed by atoms with Crippen LogP contribution in [0.3, 0.4) is 0 Å². The second kappa shape index (κ2) is 8.84. The van der Waals surface area contributed by atoms with E-state index in [9.17, 15) is 19.5 Å². The first-order chi connectivity index (χ1) is 10.8. The van der Waals surface area contributed by atoms with E-state index in [1.807, 2.05) is 0 Å². The first kappa shape index (κ1) is 18.6. The number of aromatic nitrogens is 1. The number of aliphatic hydroxyl groups excluding tert-OH is 1. The van der Waals surface area contributed by atoms with Crippen molar-refractivity contribution < 1.29 is 24.2 Å². The summed E-state index contributed by atoms with van der Waals surface area (Å²) >= 11 is 0. The Morgan fingerprint density at radius 1 is 1.43 bits per heavy atom. The number of carbonyl (C=O) groups is 3. The molecule has 0 aliphatic carbocycles. The van der Waals surface area contributed by atoms with E-state index >= 15 is 0 Å². The highest BCUT2D eigenvalue weighted by Gasteiger charge is 2.27. The molecule has 0 fully saturated rings. The molecule has 1 heterocycles. The maximum Gasteiger partial charge on any atom is 0.328 e. The van der Waals surface area contributed by atoms with Crippen LogP contribution in [0.5, 0.6) is 0 Å². The topological polar surface area (TPSA) is 132 Å². The molecule has 0 unspecified atom stereocenters. The average Bonchev–Trinajstić information content (AvgIpc) is 3.03. The first-order valence-corrected chi connectivity index (χ1v) is 7.20. The van der Waals surface area contributed by atoms with Crippen molar-refractivity contribution in [2.45, 2.75) is 44.9 Å². The highest BCUT2D eigenvalue weighted by atomic mass is 16.5. The Labute approximate surface area is 133 Å². The van der Waals surface area contributed by atoms with Crippen molar-refractivity contribution in [1.82, 2.24) is 10.3 Å². The standard InChI is InChI=1S/C15H21N3O5/c1-9(2)23-15(22)12(4-3-11(19)7-16)18-14(21)13(20)10-5-6-17-8-10/h5-9,12-13,16-17,20H,3-4H2,1-2H3,(H,18,21)/t12-,13-/m0/s1. The van der Waals surface area contributed by atoms with Gasteiger partial charge in [-0.3, -0.25) is 9.59 Å². The smallest absolute Gasteiger partial charge is 0.328 e. The van der Waals surface area contributed by atoms with Crippen LogP contribution in [0, 0.1) is 5.41 Å². The molecule has 1 rings (SSSR count). The number of hydrogen-bond acceptors (Lipinski definition) is 6. The normalized spacial score (nSPS) is 13.2. The molecule has 0 aliphatic heterocycles. The van der Waals surface area contributed by atoms with Crippen molar-refractivity contribution in [2.24, 2.45) is 0 Å². The van der Waals surface area contributed by atoms with E-state index in [4.69, 9.17) is 10.1 Å². The van der Waals surface area contributed by atoms with Crippen LogP contribution >= 0.6 is 0 Å². The monoisotopic (exact) mass is 323 g/mol. The molecule has 0 aliphatic rings. The van der Waals surface area contributed by atoms with Gasteiger partial charge in [0.05, 0.1) is 12.3 Å². The van der Waals surface area contributed by atoms with Crippen molar-refractivity contribution in [3.8, 4) is 0 Å². The Balaban J connectivity index is 2.74. The number of aliphatic hydroxyl groups is 1. The summed E-state index contributed by atoms with van der Waals surface area (Å²) in [4.78, 5) is 38.0. The zero-order valence-electron chi connectivity index (χ0n) is 13.0. The van der Waals surface area contributed by atoms with Crippen molar-refractivity contribution in [1.29, 1.82) is 5.41 Å². The van der Waals surface area contributed by atoms with Gasteiger partial charge in [0.15, 0.2) is 11.9 Å². The zero-order chi connectivity index (χ0) is 17.4.